The lowest BCUT2D eigenvalue weighted by Gasteiger charge is -2.51. The van der Waals surface area contributed by atoms with E-state index in [2.05, 4.69) is 22.8 Å². The number of pyridine rings is 1. The molecule has 37 heavy (non-hydrogen) atoms. The number of aliphatic hydroxyl groups excluding tert-OH is 1. The smallest absolute Gasteiger partial charge is 0.129 e. The SMILES string of the molecule is CC[C@H]1CN2CC[C@@H]1CC2[C@H](O)c1cc(N2CCC(O)(c3ccccc3)CC2)nc2ccc(OC)cc12. The molecule has 7 rings (SSSR count). The van der Waals surface area contributed by atoms with Crippen LogP contribution in [0.4, 0.5) is 5.82 Å². The maximum atomic E-state index is 11.9. The van der Waals surface area contributed by atoms with E-state index in [-0.39, 0.29) is 6.04 Å². The van der Waals surface area contributed by atoms with E-state index in [1.807, 2.05) is 48.5 Å². The fraction of sp³-hybridized carbons (Fsp3) is 0.516. The lowest BCUT2D eigenvalue weighted by Crippen LogP contribution is -2.55. The Balaban J connectivity index is 1.31. The van der Waals surface area contributed by atoms with Crippen molar-refractivity contribution in [3.8, 4) is 5.75 Å². The molecule has 0 radical (unpaired) electrons. The van der Waals surface area contributed by atoms with Gasteiger partial charge in [-0.05, 0) is 79.5 Å². The molecule has 196 valence electrons. The molecule has 4 fully saturated rings. The molecule has 5 atom stereocenters. The number of ether oxygens (including phenoxy) is 1. The first-order valence-corrected chi connectivity index (χ1v) is 13.9. The average Bonchev–Trinajstić information content (AvgIpc) is 2.97. The van der Waals surface area contributed by atoms with E-state index in [9.17, 15) is 10.2 Å². The van der Waals surface area contributed by atoms with Crippen LogP contribution in [0.2, 0.25) is 0 Å². The van der Waals surface area contributed by atoms with Gasteiger partial charge < -0.3 is 19.8 Å². The van der Waals surface area contributed by atoms with Crippen molar-refractivity contribution in [2.24, 2.45) is 11.8 Å². The molecule has 4 aliphatic rings. The third-order valence-electron chi connectivity index (χ3n) is 9.40. The number of piperidine rings is 4. The maximum absolute atomic E-state index is 11.9. The molecule has 0 saturated carbocycles. The highest BCUT2D eigenvalue weighted by atomic mass is 16.5. The number of fused-ring (bicyclic) bond motifs is 4. The summed E-state index contributed by atoms with van der Waals surface area (Å²) in [5.74, 6) is 3.11. The van der Waals surface area contributed by atoms with E-state index in [4.69, 9.17) is 9.72 Å². The summed E-state index contributed by atoms with van der Waals surface area (Å²) in [6.45, 7) is 5.89. The third-order valence-corrected chi connectivity index (χ3v) is 9.40. The van der Waals surface area contributed by atoms with Crippen LogP contribution in [0.3, 0.4) is 0 Å². The number of hydrogen-bond donors (Lipinski definition) is 2. The summed E-state index contributed by atoms with van der Waals surface area (Å²) in [6.07, 6.45) is 4.23. The zero-order chi connectivity index (χ0) is 25.6. The number of aromatic nitrogens is 1. The number of hydrogen-bond acceptors (Lipinski definition) is 6. The van der Waals surface area contributed by atoms with Gasteiger partial charge in [0, 0.05) is 31.1 Å². The summed E-state index contributed by atoms with van der Waals surface area (Å²) < 4.78 is 5.53. The van der Waals surface area contributed by atoms with Gasteiger partial charge in [0.2, 0.25) is 0 Å². The number of anilines is 1. The molecular formula is C31H39N3O3. The molecule has 2 unspecified atom stereocenters. The van der Waals surface area contributed by atoms with Crippen LogP contribution in [0.25, 0.3) is 10.9 Å². The van der Waals surface area contributed by atoms with Crippen molar-refractivity contribution in [2.75, 3.05) is 38.2 Å². The van der Waals surface area contributed by atoms with Crippen molar-refractivity contribution < 1.29 is 14.9 Å². The highest BCUT2D eigenvalue weighted by molar-refractivity contribution is 5.86. The highest BCUT2D eigenvalue weighted by Crippen LogP contribution is 2.44. The third kappa shape index (κ3) is 4.49. The van der Waals surface area contributed by atoms with Crippen LogP contribution in [0.5, 0.6) is 5.75 Å². The Bertz CT molecular complexity index is 1240. The van der Waals surface area contributed by atoms with Gasteiger partial charge in [-0.15, -0.1) is 0 Å². The predicted octanol–water partition coefficient (Wildman–Crippen LogP) is 4.89. The van der Waals surface area contributed by atoms with Crippen LogP contribution in [0, 0.1) is 11.8 Å². The number of nitrogens with zero attached hydrogens (tertiary/aromatic N) is 3. The summed E-state index contributed by atoms with van der Waals surface area (Å²) in [7, 11) is 1.68. The molecular weight excluding hydrogens is 462 g/mol. The fourth-order valence-electron chi connectivity index (χ4n) is 7.07. The van der Waals surface area contributed by atoms with E-state index < -0.39 is 11.7 Å². The Kier molecular flexibility index (Phi) is 6.59. The molecule has 2 bridgehead atoms. The van der Waals surface area contributed by atoms with Gasteiger partial charge in [0.25, 0.3) is 0 Å². The minimum Gasteiger partial charge on any atom is -0.497 e. The van der Waals surface area contributed by atoms with E-state index in [1.165, 1.54) is 12.8 Å². The Morgan fingerprint density at radius 1 is 1.08 bits per heavy atom. The molecule has 0 spiro atoms. The Morgan fingerprint density at radius 3 is 2.54 bits per heavy atom. The lowest BCUT2D eigenvalue weighted by atomic mass is 9.72. The van der Waals surface area contributed by atoms with Crippen molar-refractivity contribution in [1.82, 2.24) is 9.88 Å². The van der Waals surface area contributed by atoms with Crippen LogP contribution in [-0.4, -0.2) is 59.4 Å². The minimum atomic E-state index is -0.811. The molecule has 3 aromatic rings. The van der Waals surface area contributed by atoms with Gasteiger partial charge in [0.1, 0.15) is 11.6 Å². The van der Waals surface area contributed by atoms with Crippen LogP contribution < -0.4 is 9.64 Å². The van der Waals surface area contributed by atoms with Crippen molar-refractivity contribution >= 4 is 16.7 Å². The highest BCUT2D eigenvalue weighted by Gasteiger charge is 2.43. The topological polar surface area (TPSA) is 69.1 Å². The molecule has 0 aliphatic carbocycles. The fourth-order valence-corrected chi connectivity index (χ4v) is 7.07. The van der Waals surface area contributed by atoms with Crippen molar-refractivity contribution in [1.29, 1.82) is 0 Å². The molecule has 4 aliphatic heterocycles. The molecule has 6 heteroatoms. The number of aliphatic hydroxyl groups is 2. The van der Waals surface area contributed by atoms with Crippen LogP contribution in [-0.2, 0) is 5.60 Å². The van der Waals surface area contributed by atoms with E-state index in [1.54, 1.807) is 7.11 Å². The number of rotatable bonds is 6. The first-order valence-electron chi connectivity index (χ1n) is 13.9. The Morgan fingerprint density at radius 2 is 1.86 bits per heavy atom. The minimum absolute atomic E-state index is 0.135. The molecule has 1 aromatic heterocycles. The predicted molar refractivity (Wildman–Crippen MR) is 147 cm³/mol. The van der Waals surface area contributed by atoms with Crippen molar-refractivity contribution in [3.05, 3.63) is 65.7 Å². The second-order valence-electron chi connectivity index (χ2n) is 11.3. The van der Waals surface area contributed by atoms with E-state index >= 15 is 0 Å². The molecule has 0 amide bonds. The van der Waals surface area contributed by atoms with Gasteiger partial charge in [-0.2, -0.15) is 0 Å². The first kappa shape index (κ1) is 24.7. The first-order chi connectivity index (χ1) is 18.0. The van der Waals surface area contributed by atoms with Gasteiger partial charge >= 0.3 is 0 Å². The largest absolute Gasteiger partial charge is 0.497 e. The van der Waals surface area contributed by atoms with Crippen molar-refractivity contribution in [3.63, 3.8) is 0 Å². The second-order valence-corrected chi connectivity index (χ2v) is 11.3. The lowest BCUT2D eigenvalue weighted by molar-refractivity contribution is -0.0562. The van der Waals surface area contributed by atoms with E-state index in [0.29, 0.717) is 31.8 Å². The zero-order valence-electron chi connectivity index (χ0n) is 22.0. The summed E-state index contributed by atoms with van der Waals surface area (Å²) in [6, 6.07) is 18.2. The quantitative estimate of drug-likeness (QED) is 0.502. The van der Waals surface area contributed by atoms with Crippen LogP contribution >= 0.6 is 0 Å². The van der Waals surface area contributed by atoms with E-state index in [0.717, 1.165) is 59.0 Å². The van der Waals surface area contributed by atoms with Crippen molar-refractivity contribution in [2.45, 2.75) is 56.8 Å². The van der Waals surface area contributed by atoms with Gasteiger partial charge in [-0.25, -0.2) is 4.98 Å². The zero-order valence-corrected chi connectivity index (χ0v) is 22.0. The second kappa shape index (κ2) is 9.90. The van der Waals surface area contributed by atoms with Gasteiger partial charge in [-0.3, -0.25) is 4.90 Å². The maximum Gasteiger partial charge on any atom is 0.129 e. The molecule has 2 aromatic carbocycles. The Hall–Kier alpha value is -2.67. The summed E-state index contributed by atoms with van der Waals surface area (Å²) in [5, 5.41) is 24.2. The summed E-state index contributed by atoms with van der Waals surface area (Å²) in [5.41, 5.74) is 1.98. The van der Waals surface area contributed by atoms with Crippen LogP contribution in [0.15, 0.2) is 54.6 Å². The molecule has 5 heterocycles. The normalized spacial score (nSPS) is 27.8. The van der Waals surface area contributed by atoms with Gasteiger partial charge in [0.05, 0.1) is 24.3 Å². The number of benzene rings is 2. The standard InChI is InChI=1S/C31H39N3O3/c1-3-21-20-34-14-11-22(21)17-28(34)30(35)26-19-29(32-27-10-9-24(37-2)18-25(26)27)33-15-12-31(36,13-16-33)23-7-5-4-6-8-23/h4-10,18-19,21-22,28,30,35-36H,3,11-17,20H2,1-2H3/t21-,22+,28?,30+/m0/s1. The molecule has 4 saturated heterocycles. The molecule has 2 N–H and O–H groups in total. The number of methoxy groups -OCH3 is 1. The monoisotopic (exact) mass is 501 g/mol. The summed E-state index contributed by atoms with van der Waals surface area (Å²) in [4.78, 5) is 9.80. The summed E-state index contributed by atoms with van der Waals surface area (Å²) >= 11 is 0. The Labute approximate surface area is 219 Å². The molecule has 6 nitrogen and oxygen atoms in total. The van der Waals surface area contributed by atoms with Gasteiger partial charge in [0.15, 0.2) is 0 Å². The average molecular weight is 502 g/mol. The van der Waals surface area contributed by atoms with Crippen LogP contribution in [0.1, 0.15) is 56.3 Å². The van der Waals surface area contributed by atoms with Gasteiger partial charge in [-0.1, -0.05) is 43.7 Å².